The van der Waals surface area contributed by atoms with E-state index in [9.17, 15) is 4.39 Å². The molecule has 0 unspecified atom stereocenters. The first-order valence-electron chi connectivity index (χ1n) is 7.98. The Labute approximate surface area is 160 Å². The Hall–Kier alpha value is -2.62. The minimum absolute atomic E-state index is 0.0623. The molecule has 26 heavy (non-hydrogen) atoms. The van der Waals surface area contributed by atoms with Crippen molar-refractivity contribution >= 4 is 23.2 Å². The van der Waals surface area contributed by atoms with Gasteiger partial charge >= 0.3 is 0 Å². The average Bonchev–Trinajstić information content (AvgIpc) is 3.09. The summed E-state index contributed by atoms with van der Waals surface area (Å²) in [6, 6.07) is 21.9. The molecule has 0 aliphatic carbocycles. The van der Waals surface area contributed by atoms with Crippen LogP contribution in [0.2, 0.25) is 10.0 Å². The minimum Gasteiger partial charge on any atom is -0.289 e. The predicted molar refractivity (Wildman–Crippen MR) is 104 cm³/mol. The van der Waals surface area contributed by atoms with E-state index in [0.717, 1.165) is 16.8 Å². The fraction of sp³-hybridized carbons (Fsp3) is 0. The third-order valence-electron chi connectivity index (χ3n) is 4.09. The van der Waals surface area contributed by atoms with Crippen molar-refractivity contribution in [2.75, 3.05) is 0 Å². The molecule has 5 heteroatoms. The van der Waals surface area contributed by atoms with Gasteiger partial charge in [-0.05, 0) is 24.3 Å². The van der Waals surface area contributed by atoms with Gasteiger partial charge in [0.15, 0.2) is 5.82 Å². The Morgan fingerprint density at radius 1 is 0.808 bits per heavy atom. The van der Waals surface area contributed by atoms with Gasteiger partial charge in [-0.3, -0.25) is 4.57 Å². The Morgan fingerprint density at radius 3 is 2.31 bits per heavy atom. The average molecular weight is 383 g/mol. The first-order chi connectivity index (χ1) is 12.6. The number of hydrogen-bond acceptors (Lipinski definition) is 1. The van der Waals surface area contributed by atoms with Gasteiger partial charge in [-0.15, -0.1) is 0 Å². The van der Waals surface area contributed by atoms with Crippen molar-refractivity contribution in [3.8, 4) is 28.3 Å². The molecule has 0 fully saturated rings. The highest BCUT2D eigenvalue weighted by atomic mass is 35.5. The summed E-state index contributed by atoms with van der Waals surface area (Å²) < 4.78 is 16.6. The fourth-order valence-corrected chi connectivity index (χ4v) is 3.26. The molecular weight excluding hydrogens is 370 g/mol. The molecule has 0 spiro atoms. The van der Waals surface area contributed by atoms with Crippen LogP contribution in [0.4, 0.5) is 4.39 Å². The van der Waals surface area contributed by atoms with Crippen molar-refractivity contribution in [2.45, 2.75) is 0 Å². The molecule has 0 atom stereocenters. The SMILES string of the molecule is Fc1c(Cl)cccc1-n1c(-c2cccc(Cl)c2)cnc1-c1ccccc1. The van der Waals surface area contributed by atoms with Crippen molar-refractivity contribution < 1.29 is 4.39 Å². The van der Waals surface area contributed by atoms with Gasteiger partial charge in [0, 0.05) is 16.1 Å². The first kappa shape index (κ1) is 16.8. The second-order valence-electron chi connectivity index (χ2n) is 5.75. The predicted octanol–water partition coefficient (Wildman–Crippen LogP) is 6.65. The van der Waals surface area contributed by atoms with Crippen LogP contribution in [0.5, 0.6) is 0 Å². The molecule has 3 aromatic carbocycles. The molecule has 1 aromatic heterocycles. The zero-order valence-electron chi connectivity index (χ0n) is 13.5. The molecule has 1 heterocycles. The molecule has 0 saturated heterocycles. The molecule has 0 aliphatic heterocycles. The van der Waals surface area contributed by atoms with Gasteiger partial charge in [0.1, 0.15) is 5.82 Å². The smallest absolute Gasteiger partial charge is 0.165 e. The number of hydrogen-bond donors (Lipinski definition) is 0. The standard InChI is InChI=1S/C21H13Cl2FN2/c22-16-9-4-8-15(12-16)19-13-25-21(14-6-2-1-3-7-14)26(19)18-11-5-10-17(23)20(18)24/h1-13H. The van der Waals surface area contributed by atoms with Crippen LogP contribution in [0.15, 0.2) is 79.0 Å². The lowest BCUT2D eigenvalue weighted by atomic mass is 10.1. The van der Waals surface area contributed by atoms with E-state index in [1.165, 1.54) is 6.07 Å². The Morgan fingerprint density at radius 2 is 1.54 bits per heavy atom. The molecule has 0 amide bonds. The maximum Gasteiger partial charge on any atom is 0.165 e. The summed E-state index contributed by atoms with van der Waals surface area (Å²) in [6.07, 6.45) is 1.72. The Kier molecular flexibility index (Phi) is 4.49. The molecule has 4 rings (SSSR count). The topological polar surface area (TPSA) is 17.8 Å². The van der Waals surface area contributed by atoms with E-state index in [0.29, 0.717) is 16.5 Å². The zero-order valence-corrected chi connectivity index (χ0v) is 15.0. The van der Waals surface area contributed by atoms with E-state index in [1.807, 2.05) is 48.5 Å². The minimum atomic E-state index is -0.493. The fourth-order valence-electron chi connectivity index (χ4n) is 2.90. The van der Waals surface area contributed by atoms with Gasteiger partial charge in [0.25, 0.3) is 0 Å². The molecule has 0 saturated carbocycles. The third-order valence-corrected chi connectivity index (χ3v) is 4.61. The summed E-state index contributed by atoms with van der Waals surface area (Å²) in [5, 5.41) is 0.662. The lowest BCUT2D eigenvalue weighted by molar-refractivity contribution is 0.619. The molecular formula is C21H13Cl2FN2. The summed E-state index contributed by atoms with van der Waals surface area (Å²) in [5.74, 6) is 0.134. The number of benzene rings is 3. The molecule has 4 aromatic rings. The van der Waals surface area contributed by atoms with E-state index in [2.05, 4.69) is 4.98 Å². The summed E-state index contributed by atoms with van der Waals surface area (Å²) in [6.45, 7) is 0. The van der Waals surface area contributed by atoms with Gasteiger partial charge in [-0.2, -0.15) is 0 Å². The van der Waals surface area contributed by atoms with Crippen LogP contribution in [0.25, 0.3) is 28.3 Å². The van der Waals surface area contributed by atoms with E-state index in [4.69, 9.17) is 23.2 Å². The highest BCUT2D eigenvalue weighted by Crippen LogP contribution is 2.33. The van der Waals surface area contributed by atoms with Gasteiger partial charge in [0.2, 0.25) is 0 Å². The summed E-state index contributed by atoms with van der Waals surface area (Å²) in [5.41, 5.74) is 2.78. The van der Waals surface area contributed by atoms with Crippen LogP contribution in [-0.2, 0) is 0 Å². The van der Waals surface area contributed by atoms with Gasteiger partial charge in [-0.25, -0.2) is 9.37 Å². The summed E-state index contributed by atoms with van der Waals surface area (Å²) in [7, 11) is 0. The van der Waals surface area contributed by atoms with Crippen LogP contribution in [0.1, 0.15) is 0 Å². The second kappa shape index (κ2) is 6.94. The highest BCUT2D eigenvalue weighted by molar-refractivity contribution is 6.31. The number of aromatic nitrogens is 2. The molecule has 0 aliphatic rings. The molecule has 0 radical (unpaired) electrons. The lowest BCUT2D eigenvalue weighted by Gasteiger charge is -2.14. The lowest BCUT2D eigenvalue weighted by Crippen LogP contribution is -2.03. The van der Waals surface area contributed by atoms with Crippen molar-refractivity contribution in [3.05, 3.63) is 94.9 Å². The number of halogens is 3. The maximum atomic E-state index is 14.8. The first-order valence-corrected chi connectivity index (χ1v) is 8.74. The Bertz CT molecular complexity index is 1070. The van der Waals surface area contributed by atoms with Crippen LogP contribution < -0.4 is 0 Å². The highest BCUT2D eigenvalue weighted by Gasteiger charge is 2.19. The molecule has 2 nitrogen and oxygen atoms in total. The number of nitrogens with zero attached hydrogens (tertiary/aromatic N) is 2. The van der Waals surface area contributed by atoms with E-state index in [-0.39, 0.29) is 5.02 Å². The van der Waals surface area contributed by atoms with Crippen LogP contribution in [0.3, 0.4) is 0 Å². The largest absolute Gasteiger partial charge is 0.289 e. The van der Waals surface area contributed by atoms with Crippen molar-refractivity contribution in [1.82, 2.24) is 9.55 Å². The van der Waals surface area contributed by atoms with Gasteiger partial charge in [0.05, 0.1) is 22.6 Å². The maximum absolute atomic E-state index is 14.8. The van der Waals surface area contributed by atoms with Crippen LogP contribution >= 0.6 is 23.2 Å². The van der Waals surface area contributed by atoms with Gasteiger partial charge in [-0.1, -0.05) is 71.7 Å². The van der Waals surface area contributed by atoms with E-state index < -0.39 is 5.82 Å². The van der Waals surface area contributed by atoms with Crippen molar-refractivity contribution in [3.63, 3.8) is 0 Å². The molecule has 128 valence electrons. The molecule has 0 bridgehead atoms. The third kappa shape index (κ3) is 3.00. The monoisotopic (exact) mass is 382 g/mol. The van der Waals surface area contributed by atoms with E-state index >= 15 is 0 Å². The normalized spacial score (nSPS) is 10.9. The number of imidazole rings is 1. The summed E-state index contributed by atoms with van der Waals surface area (Å²) >= 11 is 12.2. The van der Waals surface area contributed by atoms with Crippen molar-refractivity contribution in [2.24, 2.45) is 0 Å². The second-order valence-corrected chi connectivity index (χ2v) is 6.60. The molecule has 0 N–H and O–H groups in total. The van der Waals surface area contributed by atoms with Crippen molar-refractivity contribution in [1.29, 1.82) is 0 Å². The van der Waals surface area contributed by atoms with E-state index in [1.54, 1.807) is 29.0 Å². The Balaban J connectivity index is 2.02. The number of rotatable bonds is 3. The summed E-state index contributed by atoms with van der Waals surface area (Å²) in [4.78, 5) is 4.55. The van der Waals surface area contributed by atoms with Gasteiger partial charge < -0.3 is 0 Å². The quantitative estimate of drug-likeness (QED) is 0.387. The zero-order chi connectivity index (χ0) is 18.1. The van der Waals surface area contributed by atoms with Crippen LogP contribution in [0, 0.1) is 5.82 Å². The van der Waals surface area contributed by atoms with Crippen LogP contribution in [-0.4, -0.2) is 9.55 Å².